The average Bonchev–Trinajstić information content (AvgIpc) is 2.40. The number of nitrogen functional groups attached to an aromatic ring is 1. The van der Waals surface area contributed by atoms with E-state index in [0.717, 1.165) is 21.5 Å². The zero-order valence-corrected chi connectivity index (χ0v) is 13.9. The number of amidine groups is 1. The quantitative estimate of drug-likeness (QED) is 0.637. The second kappa shape index (κ2) is 6.26. The van der Waals surface area contributed by atoms with Crippen LogP contribution in [0.1, 0.15) is 36.6 Å². The predicted octanol–water partition coefficient (Wildman–Crippen LogP) is 4.35. The molecule has 0 bridgehead atoms. The highest BCUT2D eigenvalue weighted by Crippen LogP contribution is 2.33. The summed E-state index contributed by atoms with van der Waals surface area (Å²) in [7, 11) is 0. The number of nitrogens with two attached hydrogens (primary N) is 1. The predicted molar refractivity (Wildman–Crippen MR) is 88.3 cm³/mol. The molecule has 0 aliphatic heterocycles. The van der Waals surface area contributed by atoms with Crippen LogP contribution < -0.4 is 10.5 Å². The smallest absolute Gasteiger partial charge is 0.230 e. The molecule has 0 saturated heterocycles. The second-order valence-corrected chi connectivity index (χ2v) is 6.07. The molecule has 0 aliphatic carbocycles. The Morgan fingerprint density at radius 1 is 1.29 bits per heavy atom. The van der Waals surface area contributed by atoms with Gasteiger partial charge in [-0.2, -0.15) is 0 Å². The van der Waals surface area contributed by atoms with E-state index in [1.807, 2.05) is 31.2 Å². The Balaban J connectivity index is 2.47. The van der Waals surface area contributed by atoms with Gasteiger partial charge in [-0.1, -0.05) is 29.8 Å². The molecule has 110 valence electrons. The molecule has 0 atom stereocenters. The Kier molecular flexibility index (Phi) is 4.63. The van der Waals surface area contributed by atoms with E-state index in [1.165, 1.54) is 0 Å². The van der Waals surface area contributed by atoms with Crippen LogP contribution in [-0.2, 0) is 0 Å². The lowest BCUT2D eigenvalue weighted by Crippen LogP contribution is -2.13. The average molecular weight is 348 g/mol. The van der Waals surface area contributed by atoms with E-state index in [9.17, 15) is 0 Å². The van der Waals surface area contributed by atoms with E-state index < -0.39 is 0 Å². The maximum atomic E-state index is 7.64. The second-order valence-electron chi connectivity index (χ2n) is 5.16. The molecule has 3 N–H and O–H groups in total. The molecule has 0 fully saturated rings. The van der Waals surface area contributed by atoms with Gasteiger partial charge in [0.05, 0.1) is 5.56 Å². The number of nitrogens with zero attached hydrogens (tertiary/aromatic N) is 1. The molecule has 0 amide bonds. The number of halogens is 1. The fourth-order valence-corrected chi connectivity index (χ4v) is 2.36. The number of rotatable bonds is 4. The van der Waals surface area contributed by atoms with Gasteiger partial charge >= 0.3 is 0 Å². The Hall–Kier alpha value is -1.88. The van der Waals surface area contributed by atoms with Crippen molar-refractivity contribution < 1.29 is 4.74 Å². The summed E-state index contributed by atoms with van der Waals surface area (Å²) in [4.78, 5) is 4.36. The van der Waals surface area contributed by atoms with Gasteiger partial charge in [0.25, 0.3) is 0 Å². The topological polar surface area (TPSA) is 72.0 Å². The van der Waals surface area contributed by atoms with Gasteiger partial charge in [0, 0.05) is 10.2 Å². The van der Waals surface area contributed by atoms with E-state index >= 15 is 0 Å². The van der Waals surface area contributed by atoms with E-state index in [-0.39, 0.29) is 5.84 Å². The monoisotopic (exact) mass is 347 g/mol. The number of nitrogens with one attached hydrogen (secondary N) is 1. The molecule has 0 saturated carbocycles. The number of aryl methyl sites for hydroxylation is 1. The zero-order chi connectivity index (χ0) is 15.6. The first-order valence-corrected chi connectivity index (χ1v) is 7.47. The Labute approximate surface area is 133 Å². The minimum Gasteiger partial charge on any atom is -0.438 e. The SMILES string of the molecule is Cc1ccc(C(=N)N)c(Oc2ccc(Br)cc2C(C)C)n1. The number of hydrogen-bond donors (Lipinski definition) is 2. The molecule has 0 aliphatic rings. The molecule has 1 heterocycles. The third kappa shape index (κ3) is 3.61. The summed E-state index contributed by atoms with van der Waals surface area (Å²) in [6, 6.07) is 9.42. The lowest BCUT2D eigenvalue weighted by Gasteiger charge is -2.15. The summed E-state index contributed by atoms with van der Waals surface area (Å²) in [5.74, 6) is 1.35. The number of ether oxygens (including phenoxy) is 1. The molecule has 2 rings (SSSR count). The van der Waals surface area contributed by atoms with Crippen LogP contribution in [0.2, 0.25) is 0 Å². The molecule has 2 aromatic rings. The number of aromatic nitrogens is 1. The maximum Gasteiger partial charge on any atom is 0.230 e. The molecule has 5 heteroatoms. The van der Waals surface area contributed by atoms with E-state index in [0.29, 0.717) is 17.4 Å². The van der Waals surface area contributed by atoms with Crippen LogP contribution in [0, 0.1) is 12.3 Å². The van der Waals surface area contributed by atoms with Gasteiger partial charge in [0.15, 0.2) is 0 Å². The van der Waals surface area contributed by atoms with Crippen LogP contribution in [0.4, 0.5) is 0 Å². The number of hydrogen-bond acceptors (Lipinski definition) is 3. The fourth-order valence-electron chi connectivity index (χ4n) is 1.98. The highest BCUT2D eigenvalue weighted by molar-refractivity contribution is 9.10. The zero-order valence-electron chi connectivity index (χ0n) is 12.3. The van der Waals surface area contributed by atoms with Crippen LogP contribution in [-0.4, -0.2) is 10.8 Å². The highest BCUT2D eigenvalue weighted by Gasteiger charge is 2.14. The standard InChI is InChI=1S/C16H18BrN3O/c1-9(2)13-8-11(17)5-7-14(13)21-16-12(15(18)19)6-4-10(3)20-16/h4-9H,1-3H3,(H3,18,19). The molecule has 4 nitrogen and oxygen atoms in total. The number of pyridine rings is 1. The highest BCUT2D eigenvalue weighted by atomic mass is 79.9. The van der Waals surface area contributed by atoms with Gasteiger partial charge in [-0.25, -0.2) is 4.98 Å². The largest absolute Gasteiger partial charge is 0.438 e. The lowest BCUT2D eigenvalue weighted by atomic mass is 10.0. The van der Waals surface area contributed by atoms with Gasteiger partial charge < -0.3 is 10.5 Å². The molecule has 0 unspecified atom stereocenters. The Bertz CT molecular complexity index is 683. The van der Waals surface area contributed by atoms with Crippen molar-refractivity contribution in [2.45, 2.75) is 26.7 Å². The minimum atomic E-state index is -0.0549. The van der Waals surface area contributed by atoms with Crippen molar-refractivity contribution in [1.29, 1.82) is 5.41 Å². The first-order valence-electron chi connectivity index (χ1n) is 6.68. The van der Waals surface area contributed by atoms with Crippen molar-refractivity contribution in [1.82, 2.24) is 4.98 Å². The number of benzene rings is 1. The third-order valence-electron chi connectivity index (χ3n) is 3.09. The van der Waals surface area contributed by atoms with Gasteiger partial charge in [-0.05, 0) is 48.7 Å². The molecule has 0 spiro atoms. The van der Waals surface area contributed by atoms with Gasteiger partial charge in [-0.3, -0.25) is 5.41 Å². The van der Waals surface area contributed by atoms with E-state index in [1.54, 1.807) is 6.07 Å². The fraction of sp³-hybridized carbons (Fsp3) is 0.250. The summed E-state index contributed by atoms with van der Waals surface area (Å²) in [5.41, 5.74) is 7.98. The third-order valence-corrected chi connectivity index (χ3v) is 3.58. The summed E-state index contributed by atoms with van der Waals surface area (Å²) in [6.07, 6.45) is 0. The summed E-state index contributed by atoms with van der Waals surface area (Å²) in [5, 5.41) is 7.64. The van der Waals surface area contributed by atoms with Crippen LogP contribution in [0.5, 0.6) is 11.6 Å². The van der Waals surface area contributed by atoms with Crippen LogP contribution >= 0.6 is 15.9 Å². The van der Waals surface area contributed by atoms with E-state index in [2.05, 4.69) is 34.8 Å². The molecule has 1 aromatic heterocycles. The van der Waals surface area contributed by atoms with Crippen LogP contribution in [0.3, 0.4) is 0 Å². The Morgan fingerprint density at radius 2 is 2.00 bits per heavy atom. The van der Waals surface area contributed by atoms with Gasteiger partial charge in [0.1, 0.15) is 11.6 Å². The van der Waals surface area contributed by atoms with Crippen molar-refractivity contribution in [3.8, 4) is 11.6 Å². The molecule has 0 radical (unpaired) electrons. The molecular weight excluding hydrogens is 330 g/mol. The molecule has 1 aromatic carbocycles. The summed E-state index contributed by atoms with van der Waals surface area (Å²) < 4.78 is 6.95. The van der Waals surface area contributed by atoms with Crippen LogP contribution in [0.15, 0.2) is 34.8 Å². The maximum absolute atomic E-state index is 7.64. The Morgan fingerprint density at radius 3 is 2.62 bits per heavy atom. The van der Waals surface area contributed by atoms with Crippen LogP contribution in [0.25, 0.3) is 0 Å². The molecular formula is C16H18BrN3O. The van der Waals surface area contributed by atoms with Crippen molar-refractivity contribution >= 4 is 21.8 Å². The molecule has 21 heavy (non-hydrogen) atoms. The van der Waals surface area contributed by atoms with Gasteiger partial charge in [0.2, 0.25) is 5.88 Å². The van der Waals surface area contributed by atoms with Crippen molar-refractivity contribution in [3.05, 3.63) is 51.6 Å². The van der Waals surface area contributed by atoms with Crippen molar-refractivity contribution in [2.24, 2.45) is 5.73 Å². The first-order chi connectivity index (χ1) is 9.88. The van der Waals surface area contributed by atoms with Crippen molar-refractivity contribution in [3.63, 3.8) is 0 Å². The van der Waals surface area contributed by atoms with E-state index in [4.69, 9.17) is 15.9 Å². The lowest BCUT2D eigenvalue weighted by molar-refractivity contribution is 0.452. The summed E-state index contributed by atoms with van der Waals surface area (Å²) in [6.45, 7) is 6.08. The first kappa shape index (κ1) is 15.5. The minimum absolute atomic E-state index is 0.0549. The normalized spacial score (nSPS) is 10.7. The van der Waals surface area contributed by atoms with Crippen molar-refractivity contribution in [2.75, 3.05) is 0 Å². The summed E-state index contributed by atoms with van der Waals surface area (Å²) >= 11 is 3.47. The van der Waals surface area contributed by atoms with Gasteiger partial charge in [-0.15, -0.1) is 0 Å².